The molecule has 0 amide bonds. The van der Waals surface area contributed by atoms with Crippen molar-refractivity contribution in [1.29, 1.82) is 0 Å². The van der Waals surface area contributed by atoms with Gasteiger partial charge < -0.3 is 9.32 Å². The third-order valence-corrected chi connectivity index (χ3v) is 12.0. The van der Waals surface area contributed by atoms with Crippen LogP contribution in [0.15, 0.2) is 205 Å². The van der Waals surface area contributed by atoms with Gasteiger partial charge in [-0.1, -0.05) is 127 Å². The van der Waals surface area contributed by atoms with Crippen LogP contribution in [0.3, 0.4) is 0 Å². The molecule has 0 aliphatic heterocycles. The summed E-state index contributed by atoms with van der Waals surface area (Å²) in [6.07, 6.45) is 0. The van der Waals surface area contributed by atoms with E-state index >= 15 is 0 Å². The van der Waals surface area contributed by atoms with Crippen molar-refractivity contribution < 1.29 is 4.42 Å². The van der Waals surface area contributed by atoms with E-state index in [0.29, 0.717) is 0 Å². The molecule has 11 aromatic rings. The fourth-order valence-electron chi connectivity index (χ4n) is 8.15. The van der Waals surface area contributed by atoms with Crippen LogP contribution in [0, 0.1) is 0 Å². The maximum absolute atomic E-state index is 6.25. The van der Waals surface area contributed by atoms with Gasteiger partial charge in [-0.15, -0.1) is 11.3 Å². The maximum Gasteiger partial charge on any atom is 0.135 e. The molecule has 0 aliphatic rings. The van der Waals surface area contributed by atoms with Crippen LogP contribution in [0.4, 0.5) is 17.1 Å². The molecule has 0 aliphatic carbocycles. The molecular weight excluding hydrogens is 687 g/mol. The zero-order chi connectivity index (χ0) is 36.3. The molecule has 0 fully saturated rings. The van der Waals surface area contributed by atoms with Gasteiger partial charge in [-0.2, -0.15) is 0 Å². The minimum atomic E-state index is 0.891. The van der Waals surface area contributed by atoms with Gasteiger partial charge in [0.05, 0.1) is 5.69 Å². The number of hydrogen-bond acceptors (Lipinski definition) is 3. The quantitative estimate of drug-likeness (QED) is 0.170. The van der Waals surface area contributed by atoms with Crippen molar-refractivity contribution in [3.8, 4) is 33.4 Å². The Morgan fingerprint density at radius 3 is 1.73 bits per heavy atom. The van der Waals surface area contributed by atoms with E-state index in [9.17, 15) is 0 Å². The van der Waals surface area contributed by atoms with Gasteiger partial charge in [0.25, 0.3) is 0 Å². The summed E-state index contributed by atoms with van der Waals surface area (Å²) in [7, 11) is 0. The largest absolute Gasteiger partial charge is 0.456 e. The first-order valence-corrected chi connectivity index (χ1v) is 19.5. The summed E-state index contributed by atoms with van der Waals surface area (Å²) in [5.74, 6) is 0. The summed E-state index contributed by atoms with van der Waals surface area (Å²) >= 11 is 1.85. The molecule has 0 unspecified atom stereocenters. The lowest BCUT2D eigenvalue weighted by atomic mass is 9.95. The minimum absolute atomic E-state index is 0.891. The van der Waals surface area contributed by atoms with Crippen LogP contribution in [0.5, 0.6) is 0 Å². The third kappa shape index (κ3) is 5.48. The van der Waals surface area contributed by atoms with Crippen LogP contribution in [0.1, 0.15) is 0 Å². The lowest BCUT2D eigenvalue weighted by molar-refractivity contribution is 0.669. The molecular formula is C52H33NOS. The molecule has 0 N–H and O–H groups in total. The number of furan rings is 1. The van der Waals surface area contributed by atoms with Gasteiger partial charge in [0.2, 0.25) is 0 Å². The Morgan fingerprint density at radius 1 is 0.345 bits per heavy atom. The van der Waals surface area contributed by atoms with E-state index in [4.69, 9.17) is 4.42 Å². The summed E-state index contributed by atoms with van der Waals surface area (Å²) in [6.45, 7) is 0. The highest BCUT2D eigenvalue weighted by molar-refractivity contribution is 7.26. The number of hydrogen-bond donors (Lipinski definition) is 0. The van der Waals surface area contributed by atoms with E-state index in [1.807, 2.05) is 23.5 Å². The van der Waals surface area contributed by atoms with Crippen molar-refractivity contribution in [2.24, 2.45) is 0 Å². The van der Waals surface area contributed by atoms with E-state index in [2.05, 4.69) is 193 Å². The van der Waals surface area contributed by atoms with E-state index in [1.165, 1.54) is 64.3 Å². The highest BCUT2D eigenvalue weighted by Crippen LogP contribution is 2.46. The van der Waals surface area contributed by atoms with Crippen molar-refractivity contribution in [3.63, 3.8) is 0 Å². The van der Waals surface area contributed by atoms with Gasteiger partial charge in [0, 0.05) is 42.3 Å². The number of nitrogens with zero attached hydrogens (tertiary/aromatic N) is 1. The maximum atomic E-state index is 6.25. The van der Waals surface area contributed by atoms with Crippen LogP contribution in [0.25, 0.3) is 86.3 Å². The smallest absolute Gasteiger partial charge is 0.135 e. The van der Waals surface area contributed by atoms with E-state index < -0.39 is 0 Å². The monoisotopic (exact) mass is 719 g/mol. The second-order valence-corrected chi connectivity index (χ2v) is 15.2. The van der Waals surface area contributed by atoms with Gasteiger partial charge >= 0.3 is 0 Å². The molecule has 11 rings (SSSR count). The van der Waals surface area contributed by atoms with Crippen molar-refractivity contribution in [1.82, 2.24) is 0 Å². The first kappa shape index (κ1) is 31.6. The Kier molecular flexibility index (Phi) is 7.39. The van der Waals surface area contributed by atoms with Crippen LogP contribution in [-0.2, 0) is 0 Å². The minimum Gasteiger partial charge on any atom is -0.456 e. The molecule has 3 heteroatoms. The summed E-state index contributed by atoms with van der Waals surface area (Å²) in [5, 5.41) is 7.29. The SMILES string of the molecule is c1cc(-c2ccc(N(c3ccc4oc5ccccc5c4c3)c3cccc4sc5ccccc5c34)cc2)cc(-c2cccc(-c3ccc4ccccc4c3)c2)c1. The lowest BCUT2D eigenvalue weighted by Gasteiger charge is -2.27. The number of fused-ring (bicyclic) bond motifs is 7. The zero-order valence-corrected chi connectivity index (χ0v) is 30.6. The first-order valence-electron chi connectivity index (χ1n) is 18.7. The fraction of sp³-hybridized carbons (Fsp3) is 0. The van der Waals surface area contributed by atoms with Gasteiger partial charge in [0.15, 0.2) is 0 Å². The molecule has 2 aromatic heterocycles. The molecule has 0 radical (unpaired) electrons. The number of thiophene rings is 1. The Morgan fingerprint density at radius 2 is 0.927 bits per heavy atom. The number of para-hydroxylation sites is 1. The summed E-state index contributed by atoms with van der Waals surface area (Å²) < 4.78 is 8.81. The molecule has 0 atom stereocenters. The van der Waals surface area contributed by atoms with Gasteiger partial charge in [-0.05, 0) is 117 Å². The molecule has 55 heavy (non-hydrogen) atoms. The van der Waals surface area contributed by atoms with E-state index in [-0.39, 0.29) is 0 Å². The van der Waals surface area contributed by atoms with Gasteiger partial charge in [-0.3, -0.25) is 0 Å². The summed E-state index contributed by atoms with van der Waals surface area (Å²) in [6, 6.07) is 72.3. The van der Waals surface area contributed by atoms with Crippen LogP contribution in [-0.4, -0.2) is 0 Å². The van der Waals surface area contributed by atoms with E-state index in [1.54, 1.807) is 0 Å². The van der Waals surface area contributed by atoms with Gasteiger partial charge in [0.1, 0.15) is 11.2 Å². The number of anilines is 3. The predicted molar refractivity (Wildman–Crippen MR) is 235 cm³/mol. The Hall–Kier alpha value is -6.94. The number of rotatable bonds is 6. The van der Waals surface area contributed by atoms with Crippen molar-refractivity contribution in [2.75, 3.05) is 4.90 Å². The Balaban J connectivity index is 0.998. The Labute approximate surface area is 322 Å². The highest BCUT2D eigenvalue weighted by Gasteiger charge is 2.20. The standard InChI is InChI=1S/C52H33NOS/c1-2-11-36-31-41(23-22-34(36)10-1)40-15-8-14-39(32-40)38-13-7-12-37(30-38)35-24-26-42(27-25-35)53(43-28-29-49-46(33-43)44-16-3-5-19-48(44)54-49)47-18-9-21-51-52(47)45-17-4-6-20-50(45)55-51/h1-33H. The topological polar surface area (TPSA) is 16.4 Å². The second-order valence-electron chi connectivity index (χ2n) is 14.1. The zero-order valence-electron chi connectivity index (χ0n) is 29.8. The van der Waals surface area contributed by atoms with Crippen LogP contribution in [0.2, 0.25) is 0 Å². The van der Waals surface area contributed by atoms with Crippen molar-refractivity contribution in [2.45, 2.75) is 0 Å². The Bertz CT molecular complexity index is 3220. The summed E-state index contributed by atoms with van der Waals surface area (Å²) in [5.41, 5.74) is 12.3. The normalized spacial score (nSPS) is 11.6. The molecule has 2 nitrogen and oxygen atoms in total. The highest BCUT2D eigenvalue weighted by atomic mass is 32.1. The van der Waals surface area contributed by atoms with E-state index in [0.717, 1.165) is 39.0 Å². The van der Waals surface area contributed by atoms with Gasteiger partial charge in [-0.25, -0.2) is 0 Å². The number of benzene rings is 9. The first-order chi connectivity index (χ1) is 27.2. The van der Waals surface area contributed by atoms with Crippen molar-refractivity contribution in [3.05, 3.63) is 200 Å². The molecule has 2 heterocycles. The average molecular weight is 720 g/mol. The molecule has 9 aromatic carbocycles. The summed E-state index contributed by atoms with van der Waals surface area (Å²) in [4.78, 5) is 2.40. The fourth-order valence-corrected chi connectivity index (χ4v) is 9.28. The van der Waals surface area contributed by atoms with Crippen LogP contribution < -0.4 is 4.90 Å². The lowest BCUT2D eigenvalue weighted by Crippen LogP contribution is -2.10. The second kappa shape index (κ2) is 12.9. The van der Waals surface area contributed by atoms with Crippen LogP contribution >= 0.6 is 11.3 Å². The predicted octanol–water partition coefficient (Wildman–Crippen LogP) is 15.6. The average Bonchev–Trinajstić information content (AvgIpc) is 3.83. The molecule has 0 spiro atoms. The molecule has 0 saturated carbocycles. The third-order valence-electron chi connectivity index (χ3n) is 10.8. The van der Waals surface area contributed by atoms with Crippen molar-refractivity contribution >= 4 is 81.3 Å². The molecule has 0 saturated heterocycles. The molecule has 258 valence electrons. The molecule has 0 bridgehead atoms.